The molecule has 0 radical (unpaired) electrons. The lowest BCUT2D eigenvalue weighted by molar-refractivity contribution is -0.0429. The summed E-state index contributed by atoms with van der Waals surface area (Å²) in [6.07, 6.45) is 8.10. The Balaban J connectivity index is 1.80. The highest BCUT2D eigenvalue weighted by Crippen LogP contribution is 2.26. The van der Waals surface area contributed by atoms with Crippen LogP contribution >= 0.6 is 0 Å². The van der Waals surface area contributed by atoms with Gasteiger partial charge in [0.1, 0.15) is 5.82 Å². The molecule has 0 saturated heterocycles. The van der Waals surface area contributed by atoms with Gasteiger partial charge in [0.2, 0.25) is 0 Å². The summed E-state index contributed by atoms with van der Waals surface area (Å²) in [6, 6.07) is 6.34. The third-order valence-corrected chi connectivity index (χ3v) is 4.88. The maximum atomic E-state index is 12.4. The molecule has 0 aromatic carbocycles. The molecule has 0 aliphatic carbocycles. The molecule has 148 valence electrons. The van der Waals surface area contributed by atoms with E-state index < -0.39 is 21.3 Å². The van der Waals surface area contributed by atoms with Crippen molar-refractivity contribution in [1.82, 2.24) is 19.7 Å². The summed E-state index contributed by atoms with van der Waals surface area (Å²) in [6.45, 7) is 2.06. The van der Waals surface area contributed by atoms with Crippen LogP contribution in [0.15, 0.2) is 49.1 Å². The van der Waals surface area contributed by atoms with Gasteiger partial charge in [-0.15, -0.1) is 0 Å². The van der Waals surface area contributed by atoms with Crippen molar-refractivity contribution in [2.24, 2.45) is 0 Å². The van der Waals surface area contributed by atoms with Crippen LogP contribution in [0.3, 0.4) is 0 Å². The van der Waals surface area contributed by atoms with Crippen molar-refractivity contribution in [3.05, 3.63) is 54.7 Å². The van der Waals surface area contributed by atoms with E-state index >= 15 is 0 Å². The Hall–Kier alpha value is -2.95. The molecule has 11 heteroatoms. The molecule has 0 atom stereocenters. The molecule has 3 heterocycles. The van der Waals surface area contributed by atoms with Gasteiger partial charge in [-0.1, -0.05) is 13.3 Å². The van der Waals surface area contributed by atoms with E-state index in [-0.39, 0.29) is 0 Å². The van der Waals surface area contributed by atoms with Crippen molar-refractivity contribution >= 4 is 15.8 Å². The fourth-order valence-electron chi connectivity index (χ4n) is 2.43. The second-order valence-electron chi connectivity index (χ2n) is 5.91. The van der Waals surface area contributed by atoms with E-state index in [1.54, 1.807) is 23.3 Å². The predicted octanol–water partition coefficient (Wildman–Crippen LogP) is 3.54. The van der Waals surface area contributed by atoms with Crippen molar-refractivity contribution in [3.8, 4) is 16.8 Å². The minimum absolute atomic E-state index is 0.424. The zero-order valence-electron chi connectivity index (χ0n) is 14.7. The van der Waals surface area contributed by atoms with Gasteiger partial charge < -0.3 is 0 Å². The summed E-state index contributed by atoms with van der Waals surface area (Å²) in [4.78, 5) is 8.03. The topological polar surface area (TPSA) is 89.8 Å². The Morgan fingerprint density at radius 2 is 1.89 bits per heavy atom. The molecule has 3 aromatic heterocycles. The third kappa shape index (κ3) is 4.30. The summed E-state index contributed by atoms with van der Waals surface area (Å²) in [5.74, 6) is -0.424. The van der Waals surface area contributed by atoms with Crippen LogP contribution in [0.2, 0.25) is 0 Å². The van der Waals surface area contributed by atoms with Crippen molar-refractivity contribution in [2.45, 2.75) is 25.3 Å². The summed E-state index contributed by atoms with van der Waals surface area (Å²) < 4.78 is 62.5. The van der Waals surface area contributed by atoms with Crippen LogP contribution in [0.4, 0.5) is 19.0 Å². The lowest BCUT2D eigenvalue weighted by Gasteiger charge is -2.09. The quantitative estimate of drug-likeness (QED) is 0.670. The molecule has 1 N–H and O–H groups in total. The van der Waals surface area contributed by atoms with Gasteiger partial charge in [-0.05, 0) is 30.7 Å². The number of nitrogens with zero attached hydrogens (tertiary/aromatic N) is 4. The van der Waals surface area contributed by atoms with Gasteiger partial charge in [0.05, 0.1) is 11.9 Å². The maximum Gasteiger partial charge on any atom is 0.516 e. The van der Waals surface area contributed by atoms with Gasteiger partial charge in [0.15, 0.2) is 0 Å². The Kier molecular flexibility index (Phi) is 5.36. The highest BCUT2D eigenvalue weighted by molar-refractivity contribution is 7.93. The molecule has 0 unspecified atom stereocenters. The number of nitrogens with one attached hydrogen (secondary N) is 1. The first kappa shape index (κ1) is 19.8. The fourth-order valence-corrected chi connectivity index (χ4v) is 2.95. The largest absolute Gasteiger partial charge is 0.516 e. The van der Waals surface area contributed by atoms with E-state index in [9.17, 15) is 21.6 Å². The second-order valence-corrected chi connectivity index (χ2v) is 7.59. The number of hydrogen-bond donors (Lipinski definition) is 1. The molecule has 0 saturated carbocycles. The van der Waals surface area contributed by atoms with Crippen molar-refractivity contribution in [1.29, 1.82) is 0 Å². The van der Waals surface area contributed by atoms with E-state index in [0.717, 1.165) is 30.3 Å². The summed E-state index contributed by atoms with van der Waals surface area (Å²) in [5, 5.41) is 4.28. The summed E-state index contributed by atoms with van der Waals surface area (Å²) in [5.41, 5.74) is -2.39. The van der Waals surface area contributed by atoms with Crippen molar-refractivity contribution in [2.75, 3.05) is 4.72 Å². The maximum absolute atomic E-state index is 12.4. The smallest absolute Gasteiger partial charge is 0.261 e. The molecule has 28 heavy (non-hydrogen) atoms. The zero-order chi connectivity index (χ0) is 20.4. The Morgan fingerprint density at radius 3 is 2.54 bits per heavy atom. The molecule has 0 amide bonds. The molecule has 0 aliphatic rings. The average Bonchev–Trinajstić information content (AvgIpc) is 3.12. The molecular weight excluding hydrogens is 395 g/mol. The van der Waals surface area contributed by atoms with Crippen LogP contribution in [0, 0.1) is 0 Å². The fraction of sp³-hybridized carbons (Fsp3) is 0.235. The van der Waals surface area contributed by atoms with Crippen molar-refractivity contribution < 1.29 is 21.6 Å². The first-order valence-electron chi connectivity index (χ1n) is 8.25. The monoisotopic (exact) mass is 411 g/mol. The molecular formula is C17H16F3N5O2S. The average molecular weight is 411 g/mol. The van der Waals surface area contributed by atoms with E-state index in [1.807, 2.05) is 12.1 Å². The Morgan fingerprint density at radius 1 is 1.11 bits per heavy atom. The molecule has 0 fully saturated rings. The third-order valence-electron chi connectivity index (χ3n) is 3.79. The Labute approximate surface area is 159 Å². The lowest BCUT2D eigenvalue weighted by Crippen LogP contribution is -2.30. The number of hydrogen-bond acceptors (Lipinski definition) is 5. The predicted molar refractivity (Wildman–Crippen MR) is 97.2 cm³/mol. The lowest BCUT2D eigenvalue weighted by atomic mass is 10.2. The molecule has 0 bridgehead atoms. The molecule has 3 rings (SSSR count). The zero-order valence-corrected chi connectivity index (χ0v) is 15.5. The number of alkyl halides is 3. The van der Waals surface area contributed by atoms with E-state index in [4.69, 9.17) is 0 Å². The number of aryl methyl sites for hydroxylation is 1. The van der Waals surface area contributed by atoms with Crippen molar-refractivity contribution in [3.63, 3.8) is 0 Å². The minimum atomic E-state index is -5.50. The number of rotatable bonds is 6. The van der Waals surface area contributed by atoms with Gasteiger partial charge in [-0.3, -0.25) is 9.71 Å². The van der Waals surface area contributed by atoms with Gasteiger partial charge in [-0.25, -0.2) is 9.67 Å². The highest BCUT2D eigenvalue weighted by atomic mass is 32.2. The second kappa shape index (κ2) is 7.58. The number of pyridine rings is 2. The summed E-state index contributed by atoms with van der Waals surface area (Å²) >= 11 is 0. The van der Waals surface area contributed by atoms with E-state index in [1.165, 1.54) is 17.0 Å². The molecule has 7 nitrogen and oxygen atoms in total. The SMILES string of the molecule is CCCc1cc(-n2cc(-c3ccc(NS(=O)(=O)C(F)(F)F)nc3)cn2)ccn1. The van der Waals surface area contributed by atoms with E-state index in [2.05, 4.69) is 22.0 Å². The number of aromatic nitrogens is 4. The normalized spacial score (nSPS) is 12.1. The van der Waals surface area contributed by atoms with Crippen LogP contribution in [0.1, 0.15) is 19.0 Å². The molecule has 3 aromatic rings. The first-order chi connectivity index (χ1) is 13.2. The van der Waals surface area contributed by atoms with Crippen LogP contribution in [-0.2, 0) is 16.4 Å². The van der Waals surface area contributed by atoms with Crippen LogP contribution < -0.4 is 4.72 Å². The first-order valence-corrected chi connectivity index (χ1v) is 9.73. The Bertz CT molecular complexity index is 1060. The molecule has 0 spiro atoms. The minimum Gasteiger partial charge on any atom is -0.261 e. The van der Waals surface area contributed by atoms with Gasteiger partial charge in [0, 0.05) is 35.4 Å². The van der Waals surface area contributed by atoms with Crippen LogP contribution in [-0.4, -0.2) is 33.7 Å². The number of halogens is 3. The standard InChI is InChI=1S/C17H16F3N5O2S/c1-2-3-14-8-15(6-7-21-14)25-11-13(10-23-25)12-4-5-16(22-9-12)24-28(26,27)17(18,19)20/h4-11H,2-3H2,1H3,(H,22,24). The number of anilines is 1. The number of sulfonamides is 1. The van der Waals surface area contributed by atoms with Gasteiger partial charge >= 0.3 is 15.5 Å². The van der Waals surface area contributed by atoms with Gasteiger partial charge in [0.25, 0.3) is 0 Å². The molecule has 0 aliphatic heterocycles. The summed E-state index contributed by atoms with van der Waals surface area (Å²) in [7, 11) is -5.50. The van der Waals surface area contributed by atoms with Crippen LogP contribution in [0.25, 0.3) is 16.8 Å². The highest BCUT2D eigenvalue weighted by Gasteiger charge is 2.46. The van der Waals surface area contributed by atoms with E-state index in [0.29, 0.717) is 11.1 Å². The van der Waals surface area contributed by atoms with Gasteiger partial charge in [-0.2, -0.15) is 26.7 Å². The van der Waals surface area contributed by atoms with Crippen LogP contribution in [0.5, 0.6) is 0 Å².